The van der Waals surface area contributed by atoms with E-state index in [1.54, 1.807) is 11.0 Å². The Morgan fingerprint density at radius 2 is 1.91 bits per heavy atom. The molecule has 2 N–H and O–H groups in total. The molecule has 240 valence electrons. The van der Waals surface area contributed by atoms with Crippen molar-refractivity contribution in [3.05, 3.63) is 77.1 Å². The van der Waals surface area contributed by atoms with Gasteiger partial charge < -0.3 is 25.2 Å². The van der Waals surface area contributed by atoms with E-state index >= 15 is 0 Å². The highest BCUT2D eigenvalue weighted by atomic mass is 35.5. The van der Waals surface area contributed by atoms with Gasteiger partial charge in [-0.25, -0.2) is 4.39 Å². The predicted octanol–water partition coefficient (Wildman–Crippen LogP) is 5.03. The first-order valence-electron chi connectivity index (χ1n) is 16.1. The minimum absolute atomic E-state index is 0.00978. The van der Waals surface area contributed by atoms with Crippen LogP contribution in [0, 0.1) is 29.5 Å². The van der Waals surface area contributed by atoms with Gasteiger partial charge in [0.15, 0.2) is 0 Å². The third kappa shape index (κ3) is 6.02. The highest BCUT2D eigenvalue weighted by Crippen LogP contribution is 2.55. The smallest absolute Gasteiger partial charge is 0.246 e. The third-order valence-electron chi connectivity index (χ3n) is 10.4. The van der Waals surface area contributed by atoms with Crippen LogP contribution in [0.1, 0.15) is 45.1 Å². The van der Waals surface area contributed by atoms with Gasteiger partial charge in [-0.05, 0) is 62.0 Å². The molecule has 1 saturated carbocycles. The number of hydrogen-bond acceptors (Lipinski definition) is 5. The van der Waals surface area contributed by atoms with Gasteiger partial charge in [0.2, 0.25) is 17.7 Å². The summed E-state index contributed by atoms with van der Waals surface area (Å²) in [4.78, 5) is 46.1. The summed E-state index contributed by atoms with van der Waals surface area (Å²) in [7, 11) is 2.04. The predicted molar refractivity (Wildman–Crippen MR) is 171 cm³/mol. The molecule has 45 heavy (non-hydrogen) atoms. The maximum Gasteiger partial charge on any atom is 0.246 e. The molecule has 6 rings (SSSR count). The van der Waals surface area contributed by atoms with Crippen LogP contribution in [0.3, 0.4) is 0 Å². The van der Waals surface area contributed by atoms with Gasteiger partial charge in [-0.15, -0.1) is 0 Å². The Morgan fingerprint density at radius 1 is 1.13 bits per heavy atom. The normalized spacial score (nSPS) is 31.8. The zero-order valence-electron chi connectivity index (χ0n) is 26.0. The lowest BCUT2D eigenvalue weighted by atomic mass is 9.73. The van der Waals surface area contributed by atoms with E-state index < -0.39 is 41.3 Å². The highest BCUT2D eigenvalue weighted by molar-refractivity contribution is 6.31. The average molecular weight is 637 g/mol. The largest absolute Gasteiger partial charge is 0.359 e. The highest BCUT2D eigenvalue weighted by Gasteiger charge is 2.72. The van der Waals surface area contributed by atoms with Crippen LogP contribution in [0.15, 0.2) is 60.7 Å². The Morgan fingerprint density at radius 3 is 2.67 bits per heavy atom. The first kappa shape index (κ1) is 31.7. The van der Waals surface area contributed by atoms with E-state index in [0.29, 0.717) is 30.5 Å². The number of rotatable bonds is 10. The number of anilines is 1. The molecule has 8 nitrogen and oxygen atoms in total. The van der Waals surface area contributed by atoms with E-state index in [4.69, 9.17) is 16.3 Å². The quantitative estimate of drug-likeness (QED) is 0.357. The molecule has 1 aliphatic carbocycles. The summed E-state index contributed by atoms with van der Waals surface area (Å²) < 4.78 is 20.2. The lowest BCUT2D eigenvalue weighted by molar-refractivity contribution is -0.141. The molecule has 0 unspecified atom stereocenters. The molecule has 10 heteroatoms. The molecule has 2 bridgehead atoms. The number of amides is 3. The van der Waals surface area contributed by atoms with Crippen molar-refractivity contribution < 1.29 is 23.5 Å². The zero-order chi connectivity index (χ0) is 31.9. The number of halogens is 2. The lowest BCUT2D eigenvalue weighted by Crippen LogP contribution is -2.58. The Balaban J connectivity index is 1.23. The summed E-state index contributed by atoms with van der Waals surface area (Å²) in [6.07, 6.45) is 6.69. The minimum atomic E-state index is -1.24. The van der Waals surface area contributed by atoms with Crippen molar-refractivity contribution in [3.63, 3.8) is 0 Å². The first-order chi connectivity index (χ1) is 21.6. The molecular weight excluding hydrogens is 595 g/mol. The number of carbonyl (C=O) groups is 3. The Labute approximate surface area is 269 Å². The van der Waals surface area contributed by atoms with Crippen molar-refractivity contribution in [3.8, 4) is 0 Å². The molecule has 0 radical (unpaired) electrons. The first-order valence-corrected chi connectivity index (χ1v) is 16.4. The van der Waals surface area contributed by atoms with Gasteiger partial charge in [0.05, 0.1) is 23.0 Å². The summed E-state index contributed by atoms with van der Waals surface area (Å²) in [5, 5.41) is 5.99. The van der Waals surface area contributed by atoms with Crippen molar-refractivity contribution in [1.29, 1.82) is 0 Å². The van der Waals surface area contributed by atoms with Crippen LogP contribution in [-0.2, 0) is 25.7 Å². The SMILES string of the molecule is C[C@@H]1[C@H](C)CCC[C@@H]1NC(=O)[C@@H]1N(CCCN(C)Cc2ccccc2)C(=O)[C@@H]2[C@@H](C(=O)Nc3ccc(F)c(Cl)c3)[C@@H]3C=C[C@]21O3. The standard InChI is InChI=1S/C35H42ClFN4O4/c1-21-9-7-12-27(22(21)2)39-33(43)31-35-16-15-28(45-35)29(32(42)38-24-13-14-26(37)25(36)19-24)30(35)34(44)41(31)18-8-17-40(3)20-23-10-5-4-6-11-23/h4-6,10-11,13-16,19,21-22,27-31H,7-9,12,17-18,20H2,1-3H3,(H,38,42)(H,39,43)/t21-,22-,27+,28+,29+,30+,31+,35+/m1/s1. The number of benzene rings is 2. The fourth-order valence-electron chi connectivity index (χ4n) is 7.84. The summed E-state index contributed by atoms with van der Waals surface area (Å²) in [6.45, 7) is 6.24. The molecule has 3 aliphatic heterocycles. The zero-order valence-corrected chi connectivity index (χ0v) is 26.8. The third-order valence-corrected chi connectivity index (χ3v) is 10.7. The second-order valence-corrected chi connectivity index (χ2v) is 13.7. The summed E-state index contributed by atoms with van der Waals surface area (Å²) >= 11 is 5.95. The van der Waals surface area contributed by atoms with Crippen molar-refractivity contribution in [2.45, 2.75) is 69.9 Å². The van der Waals surface area contributed by atoms with E-state index in [1.807, 2.05) is 31.3 Å². The molecule has 0 aromatic heterocycles. The van der Waals surface area contributed by atoms with Gasteiger partial charge in [-0.3, -0.25) is 14.4 Å². The number of nitrogens with one attached hydrogen (secondary N) is 2. The van der Waals surface area contributed by atoms with Crippen LogP contribution < -0.4 is 10.6 Å². The number of ether oxygens (including phenoxy) is 1. The van der Waals surface area contributed by atoms with Crippen molar-refractivity contribution in [2.24, 2.45) is 23.7 Å². The Bertz CT molecular complexity index is 1470. The van der Waals surface area contributed by atoms with Crippen LogP contribution in [-0.4, -0.2) is 71.4 Å². The van der Waals surface area contributed by atoms with E-state index in [9.17, 15) is 18.8 Å². The number of fused-ring (bicyclic) bond motifs is 1. The fraction of sp³-hybridized carbons (Fsp3) is 0.514. The maximum absolute atomic E-state index is 14.3. The number of carbonyl (C=O) groups excluding carboxylic acids is 3. The van der Waals surface area contributed by atoms with Crippen molar-refractivity contribution >= 4 is 35.0 Å². The number of nitrogens with zero attached hydrogens (tertiary/aromatic N) is 2. The summed E-state index contributed by atoms with van der Waals surface area (Å²) in [5.74, 6) is -2.41. The van der Waals surface area contributed by atoms with Crippen molar-refractivity contribution in [1.82, 2.24) is 15.1 Å². The van der Waals surface area contributed by atoms with E-state index in [-0.39, 0.29) is 22.9 Å². The Hall–Kier alpha value is -3.27. The van der Waals surface area contributed by atoms with Crippen LogP contribution in [0.4, 0.5) is 10.1 Å². The molecule has 1 spiro atoms. The van der Waals surface area contributed by atoms with Crippen LogP contribution in [0.2, 0.25) is 5.02 Å². The monoisotopic (exact) mass is 636 g/mol. The molecule has 2 aromatic rings. The molecule has 2 saturated heterocycles. The van der Waals surface area contributed by atoms with Gasteiger partial charge in [-0.1, -0.05) is 80.8 Å². The molecule has 2 aromatic carbocycles. The van der Waals surface area contributed by atoms with E-state index in [1.165, 1.54) is 23.8 Å². The second-order valence-electron chi connectivity index (χ2n) is 13.3. The van der Waals surface area contributed by atoms with Gasteiger partial charge in [-0.2, -0.15) is 0 Å². The van der Waals surface area contributed by atoms with Gasteiger partial charge in [0, 0.05) is 24.8 Å². The average Bonchev–Trinajstić information content (AvgIpc) is 3.65. The molecule has 3 heterocycles. The maximum atomic E-state index is 14.3. The lowest BCUT2D eigenvalue weighted by Gasteiger charge is -2.38. The van der Waals surface area contributed by atoms with Gasteiger partial charge >= 0.3 is 0 Å². The molecule has 3 amide bonds. The number of likely N-dealkylation sites (tertiary alicyclic amines) is 1. The van der Waals surface area contributed by atoms with Crippen molar-refractivity contribution in [2.75, 3.05) is 25.5 Å². The van der Waals surface area contributed by atoms with Crippen LogP contribution in [0.25, 0.3) is 0 Å². The summed E-state index contributed by atoms with van der Waals surface area (Å²) in [5.41, 5.74) is 0.282. The summed E-state index contributed by atoms with van der Waals surface area (Å²) in [6, 6.07) is 13.3. The topological polar surface area (TPSA) is 91.0 Å². The molecular formula is C35H42ClFN4O4. The Kier molecular flexibility index (Phi) is 9.05. The van der Waals surface area contributed by atoms with Gasteiger partial charge in [0.1, 0.15) is 17.5 Å². The molecule has 8 atom stereocenters. The molecule has 3 fully saturated rings. The minimum Gasteiger partial charge on any atom is -0.359 e. The van der Waals surface area contributed by atoms with Crippen LogP contribution >= 0.6 is 11.6 Å². The fourth-order valence-corrected chi connectivity index (χ4v) is 8.02. The van der Waals surface area contributed by atoms with E-state index in [2.05, 4.69) is 41.5 Å². The second kappa shape index (κ2) is 12.9. The van der Waals surface area contributed by atoms with E-state index in [0.717, 1.165) is 32.4 Å². The van der Waals surface area contributed by atoms with Gasteiger partial charge in [0.25, 0.3) is 0 Å². The van der Waals surface area contributed by atoms with Crippen LogP contribution in [0.5, 0.6) is 0 Å². The molecule has 4 aliphatic rings. The number of hydrogen-bond donors (Lipinski definition) is 2.